The number of pyridine rings is 1. The third-order valence-electron chi connectivity index (χ3n) is 4.61. The van der Waals surface area contributed by atoms with Crippen molar-refractivity contribution >= 4 is 0 Å². The van der Waals surface area contributed by atoms with Crippen LogP contribution in [0.3, 0.4) is 0 Å². The van der Waals surface area contributed by atoms with Gasteiger partial charge >= 0.3 is 0 Å². The van der Waals surface area contributed by atoms with Gasteiger partial charge in [0.2, 0.25) is 0 Å². The minimum Gasteiger partial charge on any atom is -0.256 e. The zero-order valence-corrected chi connectivity index (χ0v) is 14.1. The lowest BCUT2D eigenvalue weighted by Gasteiger charge is -2.23. The highest BCUT2D eigenvalue weighted by Gasteiger charge is 2.23. The molecule has 1 aromatic carbocycles. The van der Waals surface area contributed by atoms with Crippen molar-refractivity contribution in [2.24, 2.45) is 5.41 Å². The van der Waals surface area contributed by atoms with E-state index in [9.17, 15) is 0 Å². The highest BCUT2D eigenvalue weighted by atomic mass is 14.7. The number of hydrogen-bond donors (Lipinski definition) is 0. The first-order valence-corrected chi connectivity index (χ1v) is 8.57. The Labute approximate surface area is 134 Å². The molecule has 1 aliphatic rings. The van der Waals surface area contributed by atoms with Crippen LogP contribution in [0.4, 0.5) is 0 Å². The predicted octanol–water partition coefficient (Wildman–Crippen LogP) is 5.99. The zero-order chi connectivity index (χ0) is 15.6. The van der Waals surface area contributed by atoms with E-state index in [0.717, 1.165) is 18.0 Å². The Kier molecular flexibility index (Phi) is 4.33. The molecule has 0 unspecified atom stereocenters. The second kappa shape index (κ2) is 6.24. The van der Waals surface area contributed by atoms with Crippen molar-refractivity contribution in [3.05, 3.63) is 53.7 Å². The lowest BCUT2D eigenvalue weighted by atomic mass is 9.83. The summed E-state index contributed by atoms with van der Waals surface area (Å²) in [4.78, 5) is 4.78. The molecule has 116 valence electrons. The number of nitrogens with zero attached hydrogens (tertiary/aromatic N) is 1. The fourth-order valence-electron chi connectivity index (χ4n) is 3.60. The number of benzene rings is 1. The second-order valence-electron chi connectivity index (χ2n) is 7.85. The van der Waals surface area contributed by atoms with Gasteiger partial charge in [0.15, 0.2) is 0 Å². The molecular weight excluding hydrogens is 266 g/mol. The van der Waals surface area contributed by atoms with Crippen molar-refractivity contribution in [2.75, 3.05) is 0 Å². The zero-order valence-electron chi connectivity index (χ0n) is 14.1. The molecule has 0 saturated heterocycles. The van der Waals surface area contributed by atoms with Crippen LogP contribution in [0, 0.1) is 5.41 Å². The highest BCUT2D eigenvalue weighted by molar-refractivity contribution is 5.60. The monoisotopic (exact) mass is 293 g/mol. The lowest BCUT2D eigenvalue weighted by molar-refractivity contribution is 0.408. The molecule has 1 aliphatic carbocycles. The van der Waals surface area contributed by atoms with E-state index < -0.39 is 0 Å². The Balaban J connectivity index is 2.00. The Hall–Kier alpha value is -1.63. The molecule has 3 rings (SSSR count). The molecule has 0 bridgehead atoms. The molecule has 1 heterocycles. The maximum absolute atomic E-state index is 4.78. The van der Waals surface area contributed by atoms with Gasteiger partial charge < -0.3 is 0 Å². The van der Waals surface area contributed by atoms with Crippen molar-refractivity contribution in [3.63, 3.8) is 0 Å². The predicted molar refractivity (Wildman–Crippen MR) is 94.0 cm³/mol. The van der Waals surface area contributed by atoms with Crippen LogP contribution in [0.1, 0.15) is 63.5 Å². The topological polar surface area (TPSA) is 12.9 Å². The van der Waals surface area contributed by atoms with Crippen molar-refractivity contribution in [3.8, 4) is 11.3 Å². The number of hydrogen-bond acceptors (Lipinski definition) is 1. The summed E-state index contributed by atoms with van der Waals surface area (Å²) in [6.07, 6.45) is 8.72. The second-order valence-corrected chi connectivity index (χ2v) is 7.85. The van der Waals surface area contributed by atoms with E-state index in [2.05, 4.69) is 63.4 Å². The van der Waals surface area contributed by atoms with Gasteiger partial charge in [-0.1, -0.05) is 63.9 Å². The Bertz CT molecular complexity index is 616. The highest BCUT2D eigenvalue weighted by Crippen LogP contribution is 2.38. The van der Waals surface area contributed by atoms with Gasteiger partial charge in [0.25, 0.3) is 0 Å². The third-order valence-corrected chi connectivity index (χ3v) is 4.61. The summed E-state index contributed by atoms with van der Waals surface area (Å²) in [5.41, 5.74) is 5.65. The molecule has 2 aromatic rings. The van der Waals surface area contributed by atoms with Gasteiger partial charge in [-0.15, -0.1) is 0 Å². The van der Waals surface area contributed by atoms with E-state index in [1.54, 1.807) is 0 Å². The van der Waals surface area contributed by atoms with E-state index in [1.807, 2.05) is 0 Å². The van der Waals surface area contributed by atoms with E-state index in [-0.39, 0.29) is 0 Å². The molecule has 0 atom stereocenters. The largest absolute Gasteiger partial charge is 0.256 e. The fraction of sp³-hybridized carbons (Fsp3) is 0.476. The maximum Gasteiger partial charge on any atom is 0.0704 e. The lowest BCUT2D eigenvalue weighted by Crippen LogP contribution is -2.12. The van der Waals surface area contributed by atoms with Crippen LogP contribution in [-0.4, -0.2) is 4.98 Å². The van der Waals surface area contributed by atoms with Crippen LogP contribution >= 0.6 is 0 Å². The van der Waals surface area contributed by atoms with Crippen LogP contribution in [0.25, 0.3) is 11.3 Å². The smallest absolute Gasteiger partial charge is 0.0704 e. The number of aromatic nitrogens is 1. The first-order chi connectivity index (χ1) is 10.5. The van der Waals surface area contributed by atoms with Gasteiger partial charge in [-0.2, -0.15) is 0 Å². The van der Waals surface area contributed by atoms with Crippen LogP contribution < -0.4 is 0 Å². The number of rotatable bonds is 3. The molecule has 1 heteroatoms. The molecule has 0 N–H and O–H groups in total. The summed E-state index contributed by atoms with van der Waals surface area (Å²) in [6, 6.07) is 12.9. The van der Waals surface area contributed by atoms with Crippen molar-refractivity contribution in [1.29, 1.82) is 0 Å². The van der Waals surface area contributed by atoms with Crippen molar-refractivity contribution in [2.45, 2.75) is 58.8 Å². The van der Waals surface area contributed by atoms with Gasteiger partial charge in [0.05, 0.1) is 5.69 Å². The first-order valence-electron chi connectivity index (χ1n) is 8.57. The molecule has 22 heavy (non-hydrogen) atoms. The summed E-state index contributed by atoms with van der Waals surface area (Å²) in [5, 5.41) is 0. The van der Waals surface area contributed by atoms with Crippen LogP contribution in [0.2, 0.25) is 0 Å². The van der Waals surface area contributed by atoms with Crippen LogP contribution in [0.15, 0.2) is 42.6 Å². The summed E-state index contributed by atoms with van der Waals surface area (Å²) in [6.45, 7) is 6.98. The summed E-state index contributed by atoms with van der Waals surface area (Å²) in [7, 11) is 0. The molecule has 0 radical (unpaired) electrons. The minimum atomic E-state index is 0.308. The molecule has 0 aliphatic heterocycles. The van der Waals surface area contributed by atoms with Gasteiger partial charge in [0.1, 0.15) is 0 Å². The first kappa shape index (κ1) is 15.3. The molecule has 1 nitrogen and oxygen atoms in total. The molecule has 1 aromatic heterocycles. The SMILES string of the molecule is CC(C)(C)Cc1cc(-c2ccccc2)ncc1C1CCCC1. The van der Waals surface area contributed by atoms with Crippen molar-refractivity contribution < 1.29 is 0 Å². The van der Waals surface area contributed by atoms with E-state index in [4.69, 9.17) is 4.98 Å². The van der Waals surface area contributed by atoms with Crippen LogP contribution in [0.5, 0.6) is 0 Å². The third kappa shape index (κ3) is 3.58. The van der Waals surface area contributed by atoms with Gasteiger partial charge in [-0.3, -0.25) is 4.98 Å². The average Bonchev–Trinajstić information content (AvgIpc) is 3.00. The fourth-order valence-corrected chi connectivity index (χ4v) is 3.60. The summed E-state index contributed by atoms with van der Waals surface area (Å²) in [5.74, 6) is 0.731. The maximum atomic E-state index is 4.78. The Morgan fingerprint density at radius 3 is 2.36 bits per heavy atom. The van der Waals surface area contributed by atoms with E-state index in [1.165, 1.54) is 42.4 Å². The molecular formula is C21H27N. The minimum absolute atomic E-state index is 0.308. The normalized spacial score (nSPS) is 16.1. The molecule has 1 fully saturated rings. The average molecular weight is 293 g/mol. The Morgan fingerprint density at radius 2 is 1.73 bits per heavy atom. The molecule has 0 spiro atoms. The van der Waals surface area contributed by atoms with Gasteiger partial charge in [-0.25, -0.2) is 0 Å². The van der Waals surface area contributed by atoms with Gasteiger partial charge in [0, 0.05) is 11.8 Å². The summed E-state index contributed by atoms with van der Waals surface area (Å²) >= 11 is 0. The molecule has 0 amide bonds. The standard InChI is InChI=1S/C21H27N/c1-21(2,3)14-18-13-20(17-11-5-4-6-12-17)22-15-19(18)16-9-7-8-10-16/h4-6,11-13,15-16H,7-10,14H2,1-3H3. The van der Waals surface area contributed by atoms with E-state index in [0.29, 0.717) is 5.41 Å². The van der Waals surface area contributed by atoms with Crippen LogP contribution in [-0.2, 0) is 6.42 Å². The summed E-state index contributed by atoms with van der Waals surface area (Å²) < 4.78 is 0. The quantitative estimate of drug-likeness (QED) is 0.677. The van der Waals surface area contributed by atoms with Gasteiger partial charge in [-0.05, 0) is 47.8 Å². The van der Waals surface area contributed by atoms with Crippen molar-refractivity contribution in [1.82, 2.24) is 4.98 Å². The van der Waals surface area contributed by atoms with E-state index >= 15 is 0 Å². The Morgan fingerprint density at radius 1 is 1.05 bits per heavy atom. The molecule has 1 saturated carbocycles.